The Kier molecular flexibility index (Phi) is 3.36. The molecule has 0 bridgehead atoms. The van der Waals surface area contributed by atoms with Gasteiger partial charge < -0.3 is 14.8 Å². The number of halogens is 1. The average molecular weight is 367 g/mol. The normalized spacial score (nSPS) is 22.2. The van der Waals surface area contributed by atoms with Crippen molar-refractivity contribution in [3.8, 4) is 11.5 Å². The van der Waals surface area contributed by atoms with Crippen LogP contribution >= 0.6 is 23.1 Å². The Morgan fingerprint density at radius 2 is 2.17 bits per heavy atom. The number of imide groups is 1. The van der Waals surface area contributed by atoms with Gasteiger partial charge in [0, 0.05) is 11.5 Å². The fourth-order valence-corrected chi connectivity index (χ4v) is 3.30. The van der Waals surface area contributed by atoms with E-state index >= 15 is 0 Å². The molecule has 0 aliphatic carbocycles. The molecule has 8 nitrogen and oxygen atoms in total. The molecule has 0 spiro atoms. The minimum atomic E-state index is -1.20. The molecule has 1 aromatic heterocycles. The first kappa shape index (κ1) is 15.2. The van der Waals surface area contributed by atoms with Crippen molar-refractivity contribution in [2.75, 3.05) is 6.79 Å². The van der Waals surface area contributed by atoms with Gasteiger partial charge in [0.05, 0.1) is 6.54 Å². The Hall–Kier alpha value is -2.39. The molecule has 2 aliphatic rings. The molecule has 1 unspecified atom stereocenters. The summed E-state index contributed by atoms with van der Waals surface area (Å²) >= 11 is 6.96. The molecule has 24 heavy (non-hydrogen) atoms. The molecule has 1 fully saturated rings. The Balaban J connectivity index is 1.65. The predicted octanol–water partition coefficient (Wildman–Crippen LogP) is 1.89. The van der Waals surface area contributed by atoms with Crippen LogP contribution in [0.3, 0.4) is 0 Å². The first-order chi connectivity index (χ1) is 11.5. The maximum Gasteiger partial charge on any atom is 0.325 e. The summed E-state index contributed by atoms with van der Waals surface area (Å²) in [6.07, 6.45) is 0. The number of carbonyl (C=O) groups excluding carboxylic acids is 2. The highest BCUT2D eigenvalue weighted by molar-refractivity contribution is 7.10. The molecule has 1 aromatic carbocycles. The summed E-state index contributed by atoms with van der Waals surface area (Å²) in [5.41, 5.74) is -0.205. The fraction of sp³-hybridized carbons (Fsp3) is 0.286. The van der Waals surface area contributed by atoms with Crippen LogP contribution in [0.15, 0.2) is 18.2 Å². The third kappa shape index (κ3) is 2.20. The van der Waals surface area contributed by atoms with Crippen LogP contribution in [0.4, 0.5) is 4.79 Å². The minimum absolute atomic E-state index is 0.0276. The number of nitrogens with zero attached hydrogens (tertiary/aromatic N) is 3. The minimum Gasteiger partial charge on any atom is -0.454 e. The lowest BCUT2D eigenvalue weighted by molar-refractivity contribution is -0.131. The lowest BCUT2D eigenvalue weighted by Gasteiger charge is -2.22. The van der Waals surface area contributed by atoms with Gasteiger partial charge in [0.1, 0.15) is 15.6 Å². The third-order valence-electron chi connectivity index (χ3n) is 4.04. The second-order valence-electron chi connectivity index (χ2n) is 5.51. The van der Waals surface area contributed by atoms with Gasteiger partial charge in [-0.15, -0.1) is 5.10 Å². The lowest BCUT2D eigenvalue weighted by atomic mass is 9.91. The van der Waals surface area contributed by atoms with E-state index in [1.165, 1.54) is 0 Å². The number of hydrogen-bond acceptors (Lipinski definition) is 7. The second-order valence-corrected chi connectivity index (χ2v) is 6.86. The molecule has 4 rings (SSSR count). The lowest BCUT2D eigenvalue weighted by Crippen LogP contribution is -2.40. The molecule has 10 heteroatoms. The second kappa shape index (κ2) is 5.32. The quantitative estimate of drug-likeness (QED) is 0.834. The molecule has 124 valence electrons. The summed E-state index contributed by atoms with van der Waals surface area (Å²) in [5.74, 6) is 0.757. The zero-order valence-electron chi connectivity index (χ0n) is 12.4. The molecule has 3 heterocycles. The maximum absolute atomic E-state index is 12.9. The van der Waals surface area contributed by atoms with Crippen LogP contribution in [0.5, 0.6) is 11.5 Å². The molecule has 3 amide bonds. The van der Waals surface area contributed by atoms with Crippen molar-refractivity contribution in [2.24, 2.45) is 0 Å². The Labute approximate surface area is 145 Å². The van der Waals surface area contributed by atoms with E-state index in [1.807, 2.05) is 0 Å². The number of hydrogen-bond donors (Lipinski definition) is 1. The SMILES string of the molecule is CC1(c2ccc3c(c2)OCO3)NC(=O)N(Cc2nnsc2Cl)C1=O. The van der Waals surface area contributed by atoms with Crippen molar-refractivity contribution in [1.29, 1.82) is 0 Å². The van der Waals surface area contributed by atoms with Gasteiger partial charge in [0.15, 0.2) is 11.5 Å². The zero-order valence-corrected chi connectivity index (χ0v) is 14.0. The highest BCUT2D eigenvalue weighted by Crippen LogP contribution is 2.38. The molecule has 1 N–H and O–H groups in total. The number of carbonyl (C=O) groups is 2. The molecule has 0 saturated carbocycles. The molecule has 0 radical (unpaired) electrons. The first-order valence-electron chi connectivity index (χ1n) is 7.00. The summed E-state index contributed by atoms with van der Waals surface area (Å²) in [7, 11) is 0. The van der Waals surface area contributed by atoms with Crippen molar-refractivity contribution in [1.82, 2.24) is 19.8 Å². The van der Waals surface area contributed by atoms with Gasteiger partial charge >= 0.3 is 6.03 Å². The molecule has 2 aromatic rings. The molecule has 1 atom stereocenters. The van der Waals surface area contributed by atoms with Gasteiger partial charge in [-0.3, -0.25) is 9.69 Å². The monoisotopic (exact) mass is 366 g/mol. The Morgan fingerprint density at radius 3 is 2.92 bits per heavy atom. The smallest absolute Gasteiger partial charge is 0.325 e. The van der Waals surface area contributed by atoms with E-state index in [2.05, 4.69) is 14.9 Å². The van der Waals surface area contributed by atoms with Gasteiger partial charge in [-0.2, -0.15) is 0 Å². The largest absolute Gasteiger partial charge is 0.454 e. The summed E-state index contributed by atoms with van der Waals surface area (Å²) in [5, 5.41) is 6.56. The van der Waals surface area contributed by atoms with Crippen LogP contribution in [0, 0.1) is 0 Å². The van der Waals surface area contributed by atoms with Gasteiger partial charge in [0.2, 0.25) is 6.79 Å². The topological polar surface area (TPSA) is 93.7 Å². The summed E-state index contributed by atoms with van der Waals surface area (Å²) in [6.45, 7) is 1.75. The fourth-order valence-electron chi connectivity index (χ4n) is 2.68. The van der Waals surface area contributed by atoms with Gasteiger partial charge in [0.25, 0.3) is 5.91 Å². The first-order valence-corrected chi connectivity index (χ1v) is 8.15. The van der Waals surface area contributed by atoms with Crippen LogP contribution in [0.1, 0.15) is 18.2 Å². The molecule has 1 saturated heterocycles. The Bertz CT molecular complexity index is 857. The van der Waals surface area contributed by atoms with E-state index in [0.717, 1.165) is 16.4 Å². The highest BCUT2D eigenvalue weighted by Gasteiger charge is 2.49. The number of benzene rings is 1. The molecular weight excluding hydrogens is 356 g/mol. The van der Waals surface area contributed by atoms with Crippen molar-refractivity contribution in [3.05, 3.63) is 33.8 Å². The number of ether oxygens (including phenoxy) is 2. The summed E-state index contributed by atoms with van der Waals surface area (Å²) < 4.78 is 14.7. The molecule has 2 aliphatic heterocycles. The number of rotatable bonds is 3. The van der Waals surface area contributed by atoms with Crippen LogP contribution in [0.25, 0.3) is 0 Å². The van der Waals surface area contributed by atoms with Crippen molar-refractivity contribution in [3.63, 3.8) is 0 Å². The van der Waals surface area contributed by atoms with E-state index in [0.29, 0.717) is 27.1 Å². The van der Waals surface area contributed by atoms with Gasteiger partial charge in [-0.25, -0.2) is 4.79 Å². The van der Waals surface area contributed by atoms with Crippen LogP contribution in [-0.2, 0) is 16.9 Å². The average Bonchev–Trinajstić information content (AvgIpc) is 3.23. The van der Waals surface area contributed by atoms with Gasteiger partial charge in [-0.1, -0.05) is 22.2 Å². The van der Waals surface area contributed by atoms with Crippen molar-refractivity contribution in [2.45, 2.75) is 19.0 Å². The number of urea groups is 1. The maximum atomic E-state index is 12.9. The van der Waals surface area contributed by atoms with Crippen LogP contribution in [0.2, 0.25) is 4.34 Å². The zero-order chi connectivity index (χ0) is 16.9. The van der Waals surface area contributed by atoms with Crippen LogP contribution in [-0.4, -0.2) is 33.2 Å². The predicted molar refractivity (Wildman–Crippen MR) is 83.9 cm³/mol. The van der Waals surface area contributed by atoms with E-state index in [9.17, 15) is 9.59 Å². The Morgan fingerprint density at radius 1 is 1.38 bits per heavy atom. The third-order valence-corrected chi connectivity index (χ3v) is 5.03. The van der Waals surface area contributed by atoms with E-state index in [1.54, 1.807) is 25.1 Å². The van der Waals surface area contributed by atoms with E-state index in [4.69, 9.17) is 21.1 Å². The van der Waals surface area contributed by atoms with Crippen molar-refractivity contribution >= 4 is 35.1 Å². The summed E-state index contributed by atoms with van der Waals surface area (Å²) in [4.78, 5) is 26.2. The highest BCUT2D eigenvalue weighted by atomic mass is 35.5. The van der Waals surface area contributed by atoms with Gasteiger partial charge in [-0.05, 0) is 24.6 Å². The molecular formula is C14H11ClN4O4S. The number of fused-ring (bicyclic) bond motifs is 1. The number of aromatic nitrogens is 2. The standard InChI is InChI=1S/C14H11ClN4O4S/c1-14(7-2-3-9-10(4-7)23-6-22-9)12(20)19(13(21)16-14)5-8-11(15)24-18-17-8/h2-4H,5-6H2,1H3,(H,16,21). The van der Waals surface area contributed by atoms with E-state index < -0.39 is 17.5 Å². The van der Waals surface area contributed by atoms with Crippen molar-refractivity contribution < 1.29 is 19.1 Å². The van der Waals surface area contributed by atoms with E-state index in [-0.39, 0.29) is 13.3 Å². The number of nitrogens with one attached hydrogen (secondary N) is 1. The van der Waals surface area contributed by atoms with Crippen LogP contribution < -0.4 is 14.8 Å². The summed E-state index contributed by atoms with van der Waals surface area (Å²) in [6, 6.07) is 4.63. The number of amides is 3.